The Kier molecular flexibility index (Phi) is 4.98. The van der Waals surface area contributed by atoms with Gasteiger partial charge in [-0.25, -0.2) is 8.42 Å². The maximum absolute atomic E-state index is 12.1. The minimum Gasteiger partial charge on any atom is -0.468 e. The van der Waals surface area contributed by atoms with Gasteiger partial charge in [0.2, 0.25) is 10.0 Å². The predicted octanol–water partition coefficient (Wildman–Crippen LogP) is 2.67. The third-order valence-corrected chi connectivity index (χ3v) is 5.03. The topological polar surface area (TPSA) is 50.5 Å². The van der Waals surface area contributed by atoms with Crippen molar-refractivity contribution in [3.05, 3.63) is 60.1 Å². The van der Waals surface area contributed by atoms with E-state index >= 15 is 0 Å². The summed E-state index contributed by atoms with van der Waals surface area (Å²) >= 11 is 0. The molecule has 0 N–H and O–H groups in total. The summed E-state index contributed by atoms with van der Waals surface area (Å²) in [7, 11) is -1.65. The molecule has 0 saturated heterocycles. The Labute approximate surface area is 120 Å². The molecule has 4 nitrogen and oxygen atoms in total. The zero-order chi connectivity index (χ0) is 14.4. The number of rotatable bonds is 7. The van der Waals surface area contributed by atoms with E-state index in [1.165, 1.54) is 4.31 Å². The summed E-state index contributed by atoms with van der Waals surface area (Å²) in [6, 6.07) is 13.4. The van der Waals surface area contributed by atoms with Crippen LogP contribution in [0.2, 0.25) is 0 Å². The first-order valence-electron chi connectivity index (χ1n) is 6.58. The lowest BCUT2D eigenvalue weighted by atomic mass is 10.1. The molecular formula is C15H19NO3S. The van der Waals surface area contributed by atoms with E-state index in [0.717, 1.165) is 12.0 Å². The third kappa shape index (κ3) is 4.21. The normalized spacial score (nSPS) is 11.9. The lowest BCUT2D eigenvalue weighted by Gasteiger charge is -2.15. The van der Waals surface area contributed by atoms with E-state index < -0.39 is 10.0 Å². The predicted molar refractivity (Wildman–Crippen MR) is 78.7 cm³/mol. The lowest BCUT2D eigenvalue weighted by Crippen LogP contribution is -2.28. The van der Waals surface area contributed by atoms with Gasteiger partial charge in [-0.1, -0.05) is 30.3 Å². The molecule has 0 aliphatic carbocycles. The molecule has 1 heterocycles. The highest BCUT2D eigenvalue weighted by Gasteiger charge is 2.18. The summed E-state index contributed by atoms with van der Waals surface area (Å²) in [4.78, 5) is 0. The molecule has 0 atom stereocenters. The second kappa shape index (κ2) is 6.72. The quantitative estimate of drug-likeness (QED) is 0.788. The number of benzene rings is 1. The summed E-state index contributed by atoms with van der Waals surface area (Å²) in [5, 5.41) is 0. The molecule has 0 radical (unpaired) electrons. The van der Waals surface area contributed by atoms with Gasteiger partial charge in [0.15, 0.2) is 0 Å². The van der Waals surface area contributed by atoms with Crippen LogP contribution in [0.15, 0.2) is 53.1 Å². The molecule has 1 aromatic heterocycles. The van der Waals surface area contributed by atoms with Crippen LogP contribution in [0.4, 0.5) is 0 Å². The average molecular weight is 293 g/mol. The molecule has 0 bridgehead atoms. The van der Waals surface area contributed by atoms with Crippen LogP contribution in [0.1, 0.15) is 17.7 Å². The van der Waals surface area contributed by atoms with Crippen molar-refractivity contribution in [2.45, 2.75) is 19.4 Å². The highest BCUT2D eigenvalue weighted by atomic mass is 32.2. The van der Waals surface area contributed by atoms with Gasteiger partial charge in [-0.3, -0.25) is 0 Å². The van der Waals surface area contributed by atoms with Crippen LogP contribution in [0, 0.1) is 0 Å². The second-order valence-electron chi connectivity index (χ2n) is 4.74. The Morgan fingerprint density at radius 2 is 1.85 bits per heavy atom. The lowest BCUT2D eigenvalue weighted by molar-refractivity contribution is 0.406. The molecule has 2 rings (SSSR count). The molecule has 5 heteroatoms. The van der Waals surface area contributed by atoms with E-state index in [1.807, 2.05) is 30.3 Å². The molecule has 1 aromatic carbocycles. The zero-order valence-corrected chi connectivity index (χ0v) is 12.3. The van der Waals surface area contributed by atoms with Gasteiger partial charge in [0.25, 0.3) is 0 Å². The molecular weight excluding hydrogens is 274 g/mol. The van der Waals surface area contributed by atoms with Crippen molar-refractivity contribution >= 4 is 10.0 Å². The van der Waals surface area contributed by atoms with Crippen LogP contribution in [-0.2, 0) is 23.0 Å². The standard InChI is InChI=1S/C15H19NO3S/c1-16(13-15-10-5-11-19-15)20(17,18)12-6-9-14-7-3-2-4-8-14/h2-5,7-8,10-11H,6,9,12-13H2,1H3. The summed E-state index contributed by atoms with van der Waals surface area (Å²) in [5.41, 5.74) is 1.16. The van der Waals surface area contributed by atoms with Crippen LogP contribution in [-0.4, -0.2) is 25.5 Å². The number of hydrogen-bond donors (Lipinski definition) is 0. The Hall–Kier alpha value is -1.59. The van der Waals surface area contributed by atoms with E-state index in [-0.39, 0.29) is 12.3 Å². The van der Waals surface area contributed by atoms with E-state index in [0.29, 0.717) is 12.2 Å². The summed E-state index contributed by atoms with van der Waals surface area (Å²) < 4.78 is 30.8. The molecule has 0 saturated carbocycles. The van der Waals surface area contributed by atoms with Gasteiger partial charge in [0.05, 0.1) is 18.6 Å². The van der Waals surface area contributed by atoms with E-state index in [1.54, 1.807) is 25.4 Å². The van der Waals surface area contributed by atoms with Gasteiger partial charge in [-0.15, -0.1) is 0 Å². The first-order chi connectivity index (χ1) is 9.58. The Morgan fingerprint density at radius 1 is 1.10 bits per heavy atom. The SMILES string of the molecule is CN(Cc1ccco1)S(=O)(=O)CCCc1ccccc1. The van der Waals surface area contributed by atoms with Crippen molar-refractivity contribution < 1.29 is 12.8 Å². The summed E-state index contributed by atoms with van der Waals surface area (Å²) in [6.45, 7) is 0.278. The minimum atomic E-state index is -3.23. The molecule has 0 amide bonds. The Bertz CT molecular complexity index is 606. The molecule has 20 heavy (non-hydrogen) atoms. The molecule has 2 aromatic rings. The highest BCUT2D eigenvalue weighted by molar-refractivity contribution is 7.89. The number of hydrogen-bond acceptors (Lipinski definition) is 3. The van der Waals surface area contributed by atoms with Gasteiger partial charge in [-0.05, 0) is 30.5 Å². The number of sulfonamides is 1. The van der Waals surface area contributed by atoms with Crippen LogP contribution in [0.3, 0.4) is 0 Å². The first-order valence-corrected chi connectivity index (χ1v) is 8.19. The minimum absolute atomic E-state index is 0.152. The second-order valence-corrected chi connectivity index (χ2v) is 6.94. The Morgan fingerprint density at radius 3 is 2.50 bits per heavy atom. The van der Waals surface area contributed by atoms with Gasteiger partial charge in [0.1, 0.15) is 5.76 Å². The van der Waals surface area contributed by atoms with Gasteiger partial charge < -0.3 is 4.42 Å². The molecule has 0 spiro atoms. The largest absolute Gasteiger partial charge is 0.468 e. The fraction of sp³-hybridized carbons (Fsp3) is 0.333. The van der Waals surface area contributed by atoms with Crippen LogP contribution < -0.4 is 0 Å². The number of nitrogens with zero attached hydrogens (tertiary/aromatic N) is 1. The zero-order valence-electron chi connectivity index (χ0n) is 11.5. The van der Waals surface area contributed by atoms with Gasteiger partial charge >= 0.3 is 0 Å². The molecule has 0 unspecified atom stereocenters. The van der Waals surface area contributed by atoms with Crippen molar-refractivity contribution in [2.24, 2.45) is 0 Å². The van der Waals surface area contributed by atoms with Crippen molar-refractivity contribution in [1.29, 1.82) is 0 Å². The maximum Gasteiger partial charge on any atom is 0.214 e. The van der Waals surface area contributed by atoms with E-state index in [9.17, 15) is 8.42 Å². The van der Waals surface area contributed by atoms with Gasteiger partial charge in [0, 0.05) is 7.05 Å². The van der Waals surface area contributed by atoms with E-state index in [4.69, 9.17) is 4.42 Å². The Balaban J connectivity index is 1.84. The highest BCUT2D eigenvalue weighted by Crippen LogP contribution is 2.10. The molecule has 0 aliphatic rings. The van der Waals surface area contributed by atoms with E-state index in [2.05, 4.69) is 0 Å². The fourth-order valence-corrected chi connectivity index (χ4v) is 3.12. The number of furan rings is 1. The molecule has 0 fully saturated rings. The smallest absolute Gasteiger partial charge is 0.214 e. The average Bonchev–Trinajstić information content (AvgIpc) is 2.92. The fourth-order valence-electron chi connectivity index (χ4n) is 1.98. The van der Waals surface area contributed by atoms with Gasteiger partial charge in [-0.2, -0.15) is 4.31 Å². The van der Waals surface area contributed by atoms with Crippen LogP contribution >= 0.6 is 0 Å². The summed E-state index contributed by atoms with van der Waals surface area (Å²) in [5.74, 6) is 0.804. The molecule has 108 valence electrons. The molecule has 0 aliphatic heterocycles. The van der Waals surface area contributed by atoms with Crippen molar-refractivity contribution in [1.82, 2.24) is 4.31 Å². The van der Waals surface area contributed by atoms with Crippen molar-refractivity contribution in [3.8, 4) is 0 Å². The van der Waals surface area contributed by atoms with Crippen LogP contribution in [0.5, 0.6) is 0 Å². The maximum atomic E-state index is 12.1. The van der Waals surface area contributed by atoms with Crippen molar-refractivity contribution in [2.75, 3.05) is 12.8 Å². The monoisotopic (exact) mass is 293 g/mol. The van der Waals surface area contributed by atoms with Crippen LogP contribution in [0.25, 0.3) is 0 Å². The third-order valence-electron chi connectivity index (χ3n) is 3.14. The first kappa shape index (κ1) is 14.8. The summed E-state index contributed by atoms with van der Waals surface area (Å²) in [6.07, 6.45) is 2.94. The van der Waals surface area contributed by atoms with Crippen molar-refractivity contribution in [3.63, 3.8) is 0 Å². The number of aryl methyl sites for hydroxylation is 1.